The van der Waals surface area contributed by atoms with Crippen LogP contribution in [0, 0.1) is 5.92 Å². The molecule has 40 heavy (non-hydrogen) atoms. The molecule has 3 N–H and O–H groups in total. The molecule has 1 aliphatic heterocycles. The van der Waals surface area contributed by atoms with Gasteiger partial charge in [0.2, 0.25) is 5.91 Å². The predicted molar refractivity (Wildman–Crippen MR) is 152 cm³/mol. The Hall–Kier alpha value is -3.66. The molecule has 4 rings (SSSR count). The molecule has 0 unspecified atom stereocenters. The number of nitrogens with zero attached hydrogens (tertiary/aromatic N) is 3. The van der Waals surface area contributed by atoms with Gasteiger partial charge in [-0.15, -0.1) is 0 Å². The summed E-state index contributed by atoms with van der Waals surface area (Å²) in [5.74, 6) is -0.0169. The lowest BCUT2D eigenvalue weighted by molar-refractivity contribution is -0.134. The summed E-state index contributed by atoms with van der Waals surface area (Å²) in [6.07, 6.45) is 8.22. The lowest BCUT2D eigenvalue weighted by Gasteiger charge is -2.34. The number of carbonyl (C=O) groups excluding carboxylic acids is 3. The highest BCUT2D eigenvalue weighted by Gasteiger charge is 2.32. The minimum Gasteiger partial charge on any atom is -0.488 e. The van der Waals surface area contributed by atoms with Gasteiger partial charge in [0.05, 0.1) is 25.6 Å². The van der Waals surface area contributed by atoms with E-state index in [1.807, 2.05) is 13.8 Å². The van der Waals surface area contributed by atoms with Crippen molar-refractivity contribution in [1.82, 2.24) is 20.1 Å². The zero-order chi connectivity index (χ0) is 28.6. The van der Waals surface area contributed by atoms with Gasteiger partial charge >= 0.3 is 6.03 Å². The van der Waals surface area contributed by atoms with Crippen LogP contribution in [0.5, 0.6) is 5.75 Å². The van der Waals surface area contributed by atoms with Crippen molar-refractivity contribution in [1.29, 1.82) is 0 Å². The Bertz CT molecular complexity index is 1170. The van der Waals surface area contributed by atoms with Crippen molar-refractivity contribution in [3.8, 4) is 5.75 Å². The van der Waals surface area contributed by atoms with Crippen LogP contribution in [0.15, 0.2) is 42.7 Å². The van der Waals surface area contributed by atoms with E-state index in [1.54, 1.807) is 59.6 Å². The summed E-state index contributed by atoms with van der Waals surface area (Å²) < 4.78 is 6.51. The maximum absolute atomic E-state index is 13.4. The van der Waals surface area contributed by atoms with Gasteiger partial charge < -0.3 is 30.3 Å². The van der Waals surface area contributed by atoms with E-state index < -0.39 is 6.10 Å². The third-order valence-corrected chi connectivity index (χ3v) is 7.85. The quantitative estimate of drug-likeness (QED) is 0.484. The van der Waals surface area contributed by atoms with Crippen molar-refractivity contribution in [2.24, 2.45) is 5.92 Å². The number of anilines is 1. The molecule has 1 saturated carbocycles. The number of hydrogen-bond donors (Lipinski definition) is 3. The first kappa shape index (κ1) is 29.3. The standard InChI is InChI=1S/C30H41N5O5/c1-20-17-35(21(2)19-36)28(37)16-23-15-25(32-29(38)22-11-13-31-14-12-22)9-10-26(23)40-27(20)18-34(3)30(39)33-24-7-5-4-6-8-24/h9-15,20-21,24,27,36H,4-8,16-19H2,1-3H3,(H,32,38)(H,33,39)/t20-,21+,27-/m1/s1. The summed E-state index contributed by atoms with van der Waals surface area (Å²) in [7, 11) is 1.76. The average molecular weight is 552 g/mol. The third-order valence-electron chi connectivity index (χ3n) is 7.85. The zero-order valence-electron chi connectivity index (χ0n) is 23.6. The number of urea groups is 1. The lowest BCUT2D eigenvalue weighted by Crippen LogP contribution is -2.50. The number of rotatable bonds is 7. The van der Waals surface area contributed by atoms with E-state index in [4.69, 9.17) is 4.74 Å². The summed E-state index contributed by atoms with van der Waals surface area (Å²) >= 11 is 0. The number of amides is 4. The molecule has 1 fully saturated rings. The highest BCUT2D eigenvalue weighted by Crippen LogP contribution is 2.29. The fraction of sp³-hybridized carbons (Fsp3) is 0.533. The number of pyridine rings is 1. The summed E-state index contributed by atoms with van der Waals surface area (Å²) in [6, 6.07) is 8.20. The van der Waals surface area contributed by atoms with Crippen LogP contribution in [-0.4, -0.2) is 82.7 Å². The van der Waals surface area contributed by atoms with E-state index in [1.165, 1.54) is 6.42 Å². The second-order valence-corrected chi connectivity index (χ2v) is 11.1. The van der Waals surface area contributed by atoms with E-state index in [9.17, 15) is 19.5 Å². The Morgan fingerprint density at radius 2 is 1.90 bits per heavy atom. The van der Waals surface area contributed by atoms with Gasteiger partial charge in [0.25, 0.3) is 5.91 Å². The Morgan fingerprint density at radius 3 is 2.60 bits per heavy atom. The maximum Gasteiger partial charge on any atom is 0.317 e. The number of aliphatic hydroxyl groups excluding tert-OH is 1. The molecule has 0 bridgehead atoms. The molecule has 216 valence electrons. The van der Waals surface area contributed by atoms with Crippen LogP contribution in [0.3, 0.4) is 0 Å². The van der Waals surface area contributed by atoms with Crippen molar-refractivity contribution < 1.29 is 24.2 Å². The van der Waals surface area contributed by atoms with Crippen molar-refractivity contribution >= 4 is 23.5 Å². The molecule has 2 aliphatic rings. The highest BCUT2D eigenvalue weighted by molar-refractivity contribution is 6.04. The SMILES string of the molecule is C[C@@H]1CN([C@@H](C)CO)C(=O)Cc2cc(NC(=O)c3ccncc3)ccc2O[C@@H]1CN(C)C(=O)NC1CCCCC1. The average Bonchev–Trinajstić information content (AvgIpc) is 3.01. The number of hydrogen-bond acceptors (Lipinski definition) is 6. The molecular weight excluding hydrogens is 510 g/mol. The molecule has 1 aromatic heterocycles. The van der Waals surface area contributed by atoms with E-state index in [0.29, 0.717) is 35.7 Å². The van der Waals surface area contributed by atoms with E-state index in [2.05, 4.69) is 15.6 Å². The number of aliphatic hydroxyl groups is 1. The van der Waals surface area contributed by atoms with Crippen molar-refractivity contribution in [2.45, 2.75) is 70.6 Å². The van der Waals surface area contributed by atoms with Crippen molar-refractivity contribution in [3.05, 3.63) is 53.9 Å². The minimum atomic E-state index is -0.405. The first-order valence-corrected chi connectivity index (χ1v) is 14.2. The predicted octanol–water partition coefficient (Wildman–Crippen LogP) is 3.46. The molecule has 10 nitrogen and oxygen atoms in total. The Kier molecular flexibility index (Phi) is 9.98. The molecule has 3 atom stereocenters. The second-order valence-electron chi connectivity index (χ2n) is 11.1. The van der Waals surface area contributed by atoms with Gasteiger partial charge in [0.1, 0.15) is 11.9 Å². The number of likely N-dealkylation sites (N-methyl/N-ethyl adjacent to an activating group) is 1. The molecule has 1 aliphatic carbocycles. The molecule has 1 aromatic carbocycles. The first-order valence-electron chi connectivity index (χ1n) is 14.2. The Labute approximate surface area is 236 Å². The Morgan fingerprint density at radius 1 is 1.18 bits per heavy atom. The van der Waals surface area contributed by atoms with Gasteiger partial charge in [0.15, 0.2) is 0 Å². The molecule has 4 amide bonds. The maximum atomic E-state index is 13.4. The molecular formula is C30H41N5O5. The number of fused-ring (bicyclic) bond motifs is 1. The summed E-state index contributed by atoms with van der Waals surface area (Å²) in [5.41, 5.74) is 1.63. The normalized spacial score (nSPS) is 20.7. The third kappa shape index (κ3) is 7.50. The minimum absolute atomic E-state index is 0.0517. The van der Waals surface area contributed by atoms with E-state index >= 15 is 0 Å². The van der Waals surface area contributed by atoms with Crippen LogP contribution < -0.4 is 15.4 Å². The molecule has 0 saturated heterocycles. The number of nitrogens with one attached hydrogen (secondary N) is 2. The van der Waals surface area contributed by atoms with Crippen LogP contribution >= 0.6 is 0 Å². The van der Waals surface area contributed by atoms with E-state index in [-0.39, 0.29) is 48.9 Å². The topological polar surface area (TPSA) is 124 Å². The number of benzene rings is 1. The summed E-state index contributed by atoms with van der Waals surface area (Å²) in [6.45, 7) is 4.35. The van der Waals surface area contributed by atoms with Crippen LogP contribution in [0.4, 0.5) is 10.5 Å². The van der Waals surface area contributed by atoms with Gasteiger partial charge in [0, 0.05) is 54.8 Å². The summed E-state index contributed by atoms with van der Waals surface area (Å²) in [5, 5.41) is 15.9. The molecule has 2 aromatic rings. The van der Waals surface area contributed by atoms with Crippen LogP contribution in [0.2, 0.25) is 0 Å². The number of ether oxygens (including phenoxy) is 1. The number of aromatic nitrogens is 1. The first-order chi connectivity index (χ1) is 19.2. The highest BCUT2D eigenvalue weighted by atomic mass is 16.5. The van der Waals surface area contributed by atoms with Crippen molar-refractivity contribution in [2.75, 3.05) is 32.1 Å². The van der Waals surface area contributed by atoms with Crippen molar-refractivity contribution in [3.63, 3.8) is 0 Å². The summed E-state index contributed by atoms with van der Waals surface area (Å²) in [4.78, 5) is 46.4. The fourth-order valence-corrected chi connectivity index (χ4v) is 5.32. The fourth-order valence-electron chi connectivity index (χ4n) is 5.32. The van der Waals surface area contributed by atoms with Crippen LogP contribution in [0.25, 0.3) is 0 Å². The second kappa shape index (κ2) is 13.6. The van der Waals surface area contributed by atoms with E-state index in [0.717, 1.165) is 25.7 Å². The lowest BCUT2D eigenvalue weighted by atomic mass is 9.96. The molecule has 0 spiro atoms. The van der Waals surface area contributed by atoms with Gasteiger partial charge in [-0.05, 0) is 50.1 Å². The van der Waals surface area contributed by atoms with Gasteiger partial charge in [-0.2, -0.15) is 0 Å². The van der Waals surface area contributed by atoms with Gasteiger partial charge in [-0.1, -0.05) is 26.2 Å². The van der Waals surface area contributed by atoms with Gasteiger partial charge in [-0.3, -0.25) is 14.6 Å². The van der Waals surface area contributed by atoms with Crippen LogP contribution in [-0.2, 0) is 11.2 Å². The molecule has 0 radical (unpaired) electrons. The monoisotopic (exact) mass is 551 g/mol. The Balaban J connectivity index is 1.56. The largest absolute Gasteiger partial charge is 0.488 e. The van der Waals surface area contributed by atoms with Crippen LogP contribution in [0.1, 0.15) is 61.9 Å². The van der Waals surface area contributed by atoms with Gasteiger partial charge in [-0.25, -0.2) is 4.79 Å². The smallest absolute Gasteiger partial charge is 0.317 e. The molecule has 2 heterocycles. The number of carbonyl (C=O) groups is 3. The zero-order valence-corrected chi connectivity index (χ0v) is 23.6. The molecule has 10 heteroatoms.